The Labute approximate surface area is 107 Å². The lowest BCUT2D eigenvalue weighted by Gasteiger charge is -2.17. The Morgan fingerprint density at radius 2 is 2.22 bits per heavy atom. The van der Waals surface area contributed by atoms with Crippen molar-refractivity contribution in [3.63, 3.8) is 0 Å². The van der Waals surface area contributed by atoms with Crippen molar-refractivity contribution in [2.45, 2.75) is 12.8 Å². The molecular formula is C14H19N3O. The molecule has 18 heavy (non-hydrogen) atoms. The third-order valence-corrected chi connectivity index (χ3v) is 3.87. The van der Waals surface area contributed by atoms with E-state index >= 15 is 0 Å². The average molecular weight is 245 g/mol. The van der Waals surface area contributed by atoms with Crippen LogP contribution in [0.25, 0.3) is 11.0 Å². The highest BCUT2D eigenvalue weighted by molar-refractivity contribution is 5.78. The third-order valence-electron chi connectivity index (χ3n) is 3.87. The maximum absolute atomic E-state index is 9.01. The van der Waals surface area contributed by atoms with Gasteiger partial charge in [-0.15, -0.1) is 0 Å². The molecule has 1 N–H and O–H groups in total. The monoisotopic (exact) mass is 245 g/mol. The second kappa shape index (κ2) is 4.61. The summed E-state index contributed by atoms with van der Waals surface area (Å²) >= 11 is 0. The quantitative estimate of drug-likeness (QED) is 0.896. The van der Waals surface area contributed by atoms with E-state index in [9.17, 15) is 0 Å². The summed E-state index contributed by atoms with van der Waals surface area (Å²) in [4.78, 5) is 7.05. The third kappa shape index (κ3) is 1.86. The first-order chi connectivity index (χ1) is 8.79. The SMILES string of the molecule is Cn1c(N2CCC(CCO)C2)nc2ccccc21. The molecule has 1 aromatic heterocycles. The summed E-state index contributed by atoms with van der Waals surface area (Å²) in [5, 5.41) is 9.01. The maximum atomic E-state index is 9.01. The summed E-state index contributed by atoms with van der Waals surface area (Å²) in [6, 6.07) is 8.23. The average Bonchev–Trinajstić information content (AvgIpc) is 2.96. The summed E-state index contributed by atoms with van der Waals surface area (Å²) in [6.45, 7) is 2.35. The van der Waals surface area contributed by atoms with Crippen LogP contribution in [-0.4, -0.2) is 34.4 Å². The molecule has 0 spiro atoms. The van der Waals surface area contributed by atoms with Crippen LogP contribution in [0, 0.1) is 5.92 Å². The van der Waals surface area contributed by atoms with Crippen molar-refractivity contribution < 1.29 is 5.11 Å². The number of para-hydroxylation sites is 2. The van der Waals surface area contributed by atoms with Crippen LogP contribution in [0.2, 0.25) is 0 Å². The van der Waals surface area contributed by atoms with Gasteiger partial charge in [0.1, 0.15) is 0 Å². The van der Waals surface area contributed by atoms with E-state index in [1.54, 1.807) is 0 Å². The van der Waals surface area contributed by atoms with E-state index in [-0.39, 0.29) is 0 Å². The van der Waals surface area contributed by atoms with Gasteiger partial charge in [-0.05, 0) is 30.9 Å². The standard InChI is InChI=1S/C14H19N3O/c1-16-13-5-3-2-4-12(13)15-14(16)17-8-6-11(10-17)7-9-18/h2-5,11,18H,6-10H2,1H3. The predicted octanol–water partition coefficient (Wildman–Crippen LogP) is 1.78. The molecule has 0 saturated carbocycles. The Hall–Kier alpha value is -1.55. The molecule has 3 rings (SSSR count). The highest BCUT2D eigenvalue weighted by Crippen LogP contribution is 2.27. The maximum Gasteiger partial charge on any atom is 0.206 e. The van der Waals surface area contributed by atoms with Crippen LogP contribution >= 0.6 is 0 Å². The minimum atomic E-state index is 0.293. The summed E-state index contributed by atoms with van der Waals surface area (Å²) in [7, 11) is 2.07. The molecule has 0 aliphatic carbocycles. The zero-order valence-corrected chi connectivity index (χ0v) is 10.7. The number of anilines is 1. The van der Waals surface area contributed by atoms with Gasteiger partial charge in [0.05, 0.1) is 11.0 Å². The Balaban J connectivity index is 1.89. The van der Waals surface area contributed by atoms with Crippen LogP contribution in [0.15, 0.2) is 24.3 Å². The summed E-state index contributed by atoms with van der Waals surface area (Å²) < 4.78 is 2.16. The normalized spacial score (nSPS) is 19.9. The lowest BCUT2D eigenvalue weighted by Crippen LogP contribution is -2.23. The van der Waals surface area contributed by atoms with Gasteiger partial charge in [-0.1, -0.05) is 12.1 Å². The molecule has 1 atom stereocenters. The number of imidazole rings is 1. The fourth-order valence-corrected chi connectivity index (χ4v) is 2.85. The second-order valence-electron chi connectivity index (χ2n) is 5.07. The molecule has 1 saturated heterocycles. The molecular weight excluding hydrogens is 226 g/mol. The molecule has 0 radical (unpaired) electrons. The van der Waals surface area contributed by atoms with Crippen LogP contribution in [-0.2, 0) is 7.05 Å². The van der Waals surface area contributed by atoms with Crippen molar-refractivity contribution in [2.75, 3.05) is 24.6 Å². The van der Waals surface area contributed by atoms with Crippen molar-refractivity contribution in [1.29, 1.82) is 0 Å². The Bertz CT molecular complexity index is 549. The molecule has 1 aromatic carbocycles. The van der Waals surface area contributed by atoms with Gasteiger partial charge < -0.3 is 14.6 Å². The molecule has 1 aliphatic rings. The molecule has 2 aromatic rings. The van der Waals surface area contributed by atoms with Crippen LogP contribution in [0.3, 0.4) is 0 Å². The van der Waals surface area contributed by atoms with Gasteiger partial charge in [0, 0.05) is 26.7 Å². The van der Waals surface area contributed by atoms with Crippen LogP contribution in [0.4, 0.5) is 5.95 Å². The number of aliphatic hydroxyl groups is 1. The topological polar surface area (TPSA) is 41.3 Å². The highest BCUT2D eigenvalue weighted by Gasteiger charge is 2.25. The first-order valence-electron chi connectivity index (χ1n) is 6.57. The van der Waals surface area contributed by atoms with Crippen molar-refractivity contribution in [1.82, 2.24) is 9.55 Å². The zero-order valence-electron chi connectivity index (χ0n) is 10.7. The summed E-state index contributed by atoms with van der Waals surface area (Å²) in [6.07, 6.45) is 2.06. The van der Waals surface area contributed by atoms with E-state index in [0.717, 1.165) is 37.4 Å². The van der Waals surface area contributed by atoms with E-state index < -0.39 is 0 Å². The molecule has 1 unspecified atom stereocenters. The van der Waals surface area contributed by atoms with E-state index in [1.165, 1.54) is 5.52 Å². The lowest BCUT2D eigenvalue weighted by molar-refractivity contribution is 0.263. The number of aliphatic hydroxyl groups excluding tert-OH is 1. The minimum Gasteiger partial charge on any atom is -0.396 e. The van der Waals surface area contributed by atoms with Crippen molar-refractivity contribution >= 4 is 17.0 Å². The van der Waals surface area contributed by atoms with Crippen molar-refractivity contribution in [2.24, 2.45) is 13.0 Å². The van der Waals surface area contributed by atoms with Gasteiger partial charge in [-0.25, -0.2) is 4.98 Å². The van der Waals surface area contributed by atoms with Gasteiger partial charge in [-0.3, -0.25) is 0 Å². The van der Waals surface area contributed by atoms with E-state index in [1.807, 2.05) is 12.1 Å². The van der Waals surface area contributed by atoms with Crippen molar-refractivity contribution in [3.05, 3.63) is 24.3 Å². The minimum absolute atomic E-state index is 0.293. The van der Waals surface area contributed by atoms with E-state index in [2.05, 4.69) is 28.6 Å². The Kier molecular flexibility index (Phi) is 2.96. The molecule has 0 bridgehead atoms. The van der Waals surface area contributed by atoms with E-state index in [0.29, 0.717) is 12.5 Å². The van der Waals surface area contributed by atoms with Gasteiger partial charge in [0.15, 0.2) is 0 Å². The fourth-order valence-electron chi connectivity index (χ4n) is 2.85. The highest BCUT2D eigenvalue weighted by atomic mass is 16.3. The number of benzene rings is 1. The number of hydrogen-bond donors (Lipinski definition) is 1. The van der Waals surface area contributed by atoms with Crippen LogP contribution in [0.5, 0.6) is 0 Å². The number of aromatic nitrogens is 2. The van der Waals surface area contributed by atoms with Gasteiger partial charge in [-0.2, -0.15) is 0 Å². The first kappa shape index (κ1) is 11.5. The first-order valence-corrected chi connectivity index (χ1v) is 6.57. The zero-order chi connectivity index (χ0) is 12.5. The van der Waals surface area contributed by atoms with Crippen LogP contribution < -0.4 is 4.90 Å². The Morgan fingerprint density at radius 3 is 3.00 bits per heavy atom. The molecule has 96 valence electrons. The number of hydrogen-bond acceptors (Lipinski definition) is 3. The predicted molar refractivity (Wildman–Crippen MR) is 72.7 cm³/mol. The van der Waals surface area contributed by atoms with Gasteiger partial charge >= 0.3 is 0 Å². The molecule has 4 heteroatoms. The molecule has 4 nitrogen and oxygen atoms in total. The number of fused-ring (bicyclic) bond motifs is 1. The van der Waals surface area contributed by atoms with Crippen molar-refractivity contribution in [3.8, 4) is 0 Å². The van der Waals surface area contributed by atoms with Crippen LogP contribution in [0.1, 0.15) is 12.8 Å². The van der Waals surface area contributed by atoms with Gasteiger partial charge in [0.2, 0.25) is 5.95 Å². The fraction of sp³-hybridized carbons (Fsp3) is 0.500. The van der Waals surface area contributed by atoms with E-state index in [4.69, 9.17) is 10.1 Å². The Morgan fingerprint density at radius 1 is 1.39 bits per heavy atom. The second-order valence-corrected chi connectivity index (χ2v) is 5.07. The molecule has 1 fully saturated rings. The lowest BCUT2D eigenvalue weighted by atomic mass is 10.1. The molecule has 2 heterocycles. The largest absolute Gasteiger partial charge is 0.396 e. The summed E-state index contributed by atoms with van der Waals surface area (Å²) in [5.41, 5.74) is 2.23. The molecule has 0 amide bonds. The van der Waals surface area contributed by atoms with Gasteiger partial charge in [0.25, 0.3) is 0 Å². The number of nitrogens with zero attached hydrogens (tertiary/aromatic N) is 3. The summed E-state index contributed by atoms with van der Waals surface area (Å²) in [5.74, 6) is 1.66. The smallest absolute Gasteiger partial charge is 0.206 e. The number of aryl methyl sites for hydroxylation is 1. The molecule has 1 aliphatic heterocycles. The number of rotatable bonds is 3.